The van der Waals surface area contributed by atoms with Gasteiger partial charge in [-0.05, 0) is 29.7 Å². The van der Waals surface area contributed by atoms with E-state index in [9.17, 15) is 9.90 Å². The third-order valence-electron chi connectivity index (χ3n) is 4.25. The molecule has 0 fully saturated rings. The molecule has 2 aromatic carbocycles. The van der Waals surface area contributed by atoms with Gasteiger partial charge in [-0.1, -0.05) is 55.8 Å². The van der Waals surface area contributed by atoms with Crippen molar-refractivity contribution < 1.29 is 9.84 Å². The minimum atomic E-state index is -0.222. The zero-order valence-corrected chi connectivity index (χ0v) is 14.9. The van der Waals surface area contributed by atoms with Gasteiger partial charge >= 0.3 is 0 Å². The Labute approximate surface area is 153 Å². The summed E-state index contributed by atoms with van der Waals surface area (Å²) in [7, 11) is 0. The van der Waals surface area contributed by atoms with Crippen LogP contribution in [0, 0.1) is 0 Å². The molecule has 0 atom stereocenters. The van der Waals surface area contributed by atoms with Crippen molar-refractivity contribution in [2.24, 2.45) is 0 Å². The second-order valence-electron chi connectivity index (χ2n) is 6.14. The lowest BCUT2D eigenvalue weighted by atomic mass is 10.1. The van der Waals surface area contributed by atoms with Crippen LogP contribution in [0.15, 0.2) is 71.7 Å². The summed E-state index contributed by atoms with van der Waals surface area (Å²) >= 11 is 0. The van der Waals surface area contributed by atoms with Crippen LogP contribution in [-0.4, -0.2) is 16.3 Å². The van der Waals surface area contributed by atoms with Crippen molar-refractivity contribution in [2.45, 2.75) is 26.4 Å². The molecule has 0 saturated carbocycles. The Morgan fingerprint density at radius 1 is 1.00 bits per heavy atom. The third-order valence-corrected chi connectivity index (χ3v) is 4.25. The second-order valence-corrected chi connectivity index (χ2v) is 6.14. The molecule has 3 aromatic rings. The first-order valence-electron chi connectivity index (χ1n) is 8.88. The molecule has 4 nitrogen and oxygen atoms in total. The first-order valence-corrected chi connectivity index (χ1v) is 8.88. The highest BCUT2D eigenvalue weighted by Gasteiger charge is 2.10. The maximum Gasteiger partial charge on any atom is 0.223 e. The number of rotatable bonds is 7. The molecule has 0 saturated heterocycles. The van der Waals surface area contributed by atoms with Gasteiger partial charge in [-0.25, -0.2) is 0 Å². The van der Waals surface area contributed by atoms with Crippen molar-refractivity contribution in [3.05, 3.63) is 82.8 Å². The molecule has 134 valence electrons. The summed E-state index contributed by atoms with van der Waals surface area (Å²) in [5, 5.41) is 9.70. The predicted octanol–water partition coefficient (Wildman–Crippen LogP) is 4.18. The Balaban J connectivity index is 2.02. The van der Waals surface area contributed by atoms with E-state index >= 15 is 0 Å². The minimum absolute atomic E-state index is 0.208. The minimum Gasteiger partial charge on any atom is -0.488 e. The molecule has 0 unspecified atom stereocenters. The second kappa shape index (κ2) is 8.50. The summed E-state index contributed by atoms with van der Waals surface area (Å²) in [6.45, 7) is 2.36. The van der Waals surface area contributed by atoms with Gasteiger partial charge in [0.15, 0.2) is 5.75 Å². The number of benzene rings is 2. The number of unbranched alkanes of at least 4 members (excludes halogenated alkanes) is 1. The van der Waals surface area contributed by atoms with Crippen molar-refractivity contribution >= 4 is 0 Å². The van der Waals surface area contributed by atoms with Gasteiger partial charge in [0.1, 0.15) is 0 Å². The summed E-state index contributed by atoms with van der Waals surface area (Å²) in [6, 6.07) is 19.5. The zero-order valence-electron chi connectivity index (χ0n) is 14.9. The highest BCUT2D eigenvalue weighted by Crippen LogP contribution is 2.23. The molecule has 0 radical (unpaired) electrons. The van der Waals surface area contributed by atoms with E-state index in [1.807, 2.05) is 47.0 Å². The molecule has 0 aliphatic carbocycles. The highest BCUT2D eigenvalue weighted by molar-refractivity contribution is 5.66. The van der Waals surface area contributed by atoms with E-state index in [1.165, 1.54) is 6.07 Å². The van der Waals surface area contributed by atoms with Crippen LogP contribution in [0.4, 0.5) is 0 Å². The monoisotopic (exact) mass is 349 g/mol. The van der Waals surface area contributed by atoms with Crippen molar-refractivity contribution in [3.8, 4) is 22.6 Å². The fourth-order valence-corrected chi connectivity index (χ4v) is 2.82. The summed E-state index contributed by atoms with van der Waals surface area (Å²) in [6.07, 6.45) is 3.57. The molecule has 0 spiro atoms. The lowest BCUT2D eigenvalue weighted by molar-refractivity contribution is 0.271. The standard InChI is InChI=1S/C22H23NO3/c1-2-3-12-26-22-15-23(20(16-24)14-21(22)25)19-11-7-10-18(13-19)17-8-5-4-6-9-17/h4-11,13-15,24H,2-3,12,16H2,1H3. The van der Waals surface area contributed by atoms with Crippen LogP contribution in [0.2, 0.25) is 0 Å². The first kappa shape index (κ1) is 18.0. The Bertz CT molecular complexity index is 916. The molecule has 1 heterocycles. The summed E-state index contributed by atoms with van der Waals surface area (Å²) in [5.41, 5.74) is 3.37. The molecule has 4 heteroatoms. The smallest absolute Gasteiger partial charge is 0.223 e. The average molecular weight is 349 g/mol. The van der Waals surface area contributed by atoms with Crippen LogP contribution in [0.3, 0.4) is 0 Å². The normalized spacial score (nSPS) is 10.7. The van der Waals surface area contributed by atoms with E-state index in [0.29, 0.717) is 18.1 Å². The number of pyridine rings is 1. The van der Waals surface area contributed by atoms with Crippen LogP contribution >= 0.6 is 0 Å². The van der Waals surface area contributed by atoms with Gasteiger partial charge < -0.3 is 14.4 Å². The summed E-state index contributed by atoms with van der Waals surface area (Å²) in [5.74, 6) is 0.306. The molecule has 3 rings (SSSR count). The van der Waals surface area contributed by atoms with Gasteiger partial charge in [0, 0.05) is 11.8 Å². The molecule has 1 aromatic heterocycles. The molecule has 1 N–H and O–H groups in total. The van der Waals surface area contributed by atoms with Crippen molar-refractivity contribution in [2.75, 3.05) is 6.61 Å². The maximum atomic E-state index is 12.2. The van der Waals surface area contributed by atoms with E-state index in [2.05, 4.69) is 19.1 Å². The van der Waals surface area contributed by atoms with Gasteiger partial charge in [-0.2, -0.15) is 0 Å². The van der Waals surface area contributed by atoms with E-state index in [4.69, 9.17) is 4.74 Å². The Morgan fingerprint density at radius 2 is 1.77 bits per heavy atom. The maximum absolute atomic E-state index is 12.2. The molecule has 0 amide bonds. The van der Waals surface area contributed by atoms with Crippen molar-refractivity contribution in [1.82, 2.24) is 4.57 Å². The van der Waals surface area contributed by atoms with Crippen LogP contribution in [0.1, 0.15) is 25.5 Å². The highest BCUT2D eigenvalue weighted by atomic mass is 16.5. The average Bonchev–Trinajstić information content (AvgIpc) is 2.70. The van der Waals surface area contributed by atoms with Gasteiger partial charge in [0.05, 0.1) is 25.1 Å². The van der Waals surface area contributed by atoms with Crippen LogP contribution in [0.5, 0.6) is 5.75 Å². The Hall–Kier alpha value is -2.85. The van der Waals surface area contributed by atoms with Gasteiger partial charge in [0.25, 0.3) is 0 Å². The molecule has 26 heavy (non-hydrogen) atoms. The number of hydrogen-bond acceptors (Lipinski definition) is 3. The first-order chi connectivity index (χ1) is 12.7. The number of hydrogen-bond donors (Lipinski definition) is 1. The molecule has 0 bridgehead atoms. The summed E-state index contributed by atoms with van der Waals surface area (Å²) < 4.78 is 7.45. The number of aliphatic hydroxyl groups is 1. The molecule has 0 aliphatic rings. The quantitative estimate of drug-likeness (QED) is 0.651. The largest absolute Gasteiger partial charge is 0.488 e. The molecule has 0 aliphatic heterocycles. The van der Waals surface area contributed by atoms with E-state index in [1.54, 1.807) is 6.20 Å². The third kappa shape index (κ3) is 4.03. The SMILES string of the molecule is CCCCOc1cn(-c2cccc(-c3ccccc3)c2)c(CO)cc1=O. The van der Waals surface area contributed by atoms with Crippen molar-refractivity contribution in [1.29, 1.82) is 0 Å². The van der Waals surface area contributed by atoms with E-state index in [0.717, 1.165) is 29.7 Å². The zero-order chi connectivity index (χ0) is 18.4. The predicted molar refractivity (Wildman–Crippen MR) is 104 cm³/mol. The number of aliphatic hydroxyl groups excluding tert-OH is 1. The molecular weight excluding hydrogens is 326 g/mol. The number of ether oxygens (including phenoxy) is 1. The summed E-state index contributed by atoms with van der Waals surface area (Å²) in [4.78, 5) is 12.2. The lowest BCUT2D eigenvalue weighted by Crippen LogP contribution is -2.15. The Kier molecular flexibility index (Phi) is 5.87. The fraction of sp³-hybridized carbons (Fsp3) is 0.227. The Morgan fingerprint density at radius 3 is 2.50 bits per heavy atom. The number of nitrogens with zero attached hydrogens (tertiary/aromatic N) is 1. The van der Waals surface area contributed by atoms with Crippen LogP contribution in [0.25, 0.3) is 16.8 Å². The van der Waals surface area contributed by atoms with Gasteiger partial charge in [0.2, 0.25) is 5.43 Å². The molecular formula is C22H23NO3. The van der Waals surface area contributed by atoms with Crippen molar-refractivity contribution in [3.63, 3.8) is 0 Å². The topological polar surface area (TPSA) is 51.5 Å². The van der Waals surface area contributed by atoms with E-state index < -0.39 is 0 Å². The van der Waals surface area contributed by atoms with Crippen LogP contribution in [-0.2, 0) is 6.61 Å². The van der Waals surface area contributed by atoms with Gasteiger partial charge in [-0.15, -0.1) is 0 Å². The van der Waals surface area contributed by atoms with Gasteiger partial charge in [-0.3, -0.25) is 4.79 Å². The lowest BCUT2D eigenvalue weighted by Gasteiger charge is -2.15. The number of aromatic nitrogens is 1. The van der Waals surface area contributed by atoms with Crippen LogP contribution < -0.4 is 10.2 Å². The van der Waals surface area contributed by atoms with E-state index in [-0.39, 0.29) is 12.0 Å². The fourth-order valence-electron chi connectivity index (χ4n) is 2.82.